The molecule has 2 aliphatic carbocycles. The first-order chi connectivity index (χ1) is 23.5. The number of carbonyl (C=O) groups excluding carboxylic acids is 2. The van der Waals surface area contributed by atoms with Gasteiger partial charge in [-0.05, 0) is 139 Å². The number of nitrogens with one attached hydrogen (secondary N) is 2. The Balaban J connectivity index is 0.000000139. The van der Waals surface area contributed by atoms with Gasteiger partial charge in [0.15, 0.2) is 0 Å². The summed E-state index contributed by atoms with van der Waals surface area (Å²) in [7, 11) is 0. The third-order valence-corrected chi connectivity index (χ3v) is 12.7. The van der Waals surface area contributed by atoms with Crippen molar-refractivity contribution in [2.24, 2.45) is 10.8 Å². The number of piperidine rings is 6. The normalized spacial score (nSPS) is 28.5. The maximum absolute atomic E-state index is 12.8. The third kappa shape index (κ3) is 6.33. The van der Waals surface area contributed by atoms with E-state index in [2.05, 4.69) is 44.0 Å². The zero-order chi connectivity index (χ0) is 32.3. The number of aromatic amines is 2. The second-order valence-electron chi connectivity index (χ2n) is 15.8. The van der Waals surface area contributed by atoms with Crippen LogP contribution in [0.15, 0.2) is 48.8 Å². The Hall–Kier alpha value is -3.56. The van der Waals surface area contributed by atoms with Gasteiger partial charge in [0.25, 0.3) is 0 Å². The first kappa shape index (κ1) is 32.6. The molecular formula is C40H48BN4O4. The number of aromatic nitrogens is 2. The molecule has 3 radical (unpaired) electrons. The highest BCUT2D eigenvalue weighted by Crippen LogP contribution is 2.46. The minimum atomic E-state index is -0.156. The van der Waals surface area contributed by atoms with Crippen molar-refractivity contribution in [1.29, 1.82) is 0 Å². The molecule has 49 heavy (non-hydrogen) atoms. The van der Waals surface area contributed by atoms with Crippen LogP contribution in [0.25, 0.3) is 21.8 Å². The molecule has 12 rings (SSSR count). The molecule has 0 amide bonds. The number of ether oxygens (including phenoxy) is 2. The molecule has 4 bridgehead atoms. The minimum absolute atomic E-state index is 0. The van der Waals surface area contributed by atoms with Crippen LogP contribution in [0.4, 0.5) is 0 Å². The van der Waals surface area contributed by atoms with E-state index in [0.717, 1.165) is 72.2 Å². The third-order valence-electron chi connectivity index (χ3n) is 12.7. The molecule has 8 aliphatic rings. The first-order valence-electron chi connectivity index (χ1n) is 18.5. The van der Waals surface area contributed by atoms with E-state index < -0.39 is 0 Å². The highest BCUT2D eigenvalue weighted by atomic mass is 16.5. The van der Waals surface area contributed by atoms with Crippen LogP contribution in [-0.2, 0) is 9.47 Å². The van der Waals surface area contributed by atoms with Crippen molar-refractivity contribution in [2.75, 3.05) is 52.5 Å². The Morgan fingerprint density at radius 2 is 0.980 bits per heavy atom. The smallest absolute Gasteiger partial charge is 0.340 e. The first-order valence-corrected chi connectivity index (χ1v) is 18.5. The molecule has 6 aliphatic heterocycles. The molecular weight excluding hydrogens is 611 g/mol. The molecule has 2 aromatic heterocycles. The average Bonchev–Trinajstić information content (AvgIpc) is 4.09. The van der Waals surface area contributed by atoms with Crippen molar-refractivity contribution in [3.63, 3.8) is 0 Å². The lowest BCUT2D eigenvalue weighted by atomic mass is 9.73. The summed E-state index contributed by atoms with van der Waals surface area (Å²) < 4.78 is 11.7. The molecule has 9 heteroatoms. The van der Waals surface area contributed by atoms with Gasteiger partial charge in [-0.25, -0.2) is 9.59 Å². The molecule has 6 saturated heterocycles. The van der Waals surface area contributed by atoms with Gasteiger partial charge in [0.2, 0.25) is 0 Å². The van der Waals surface area contributed by atoms with Crippen LogP contribution in [-0.4, -0.2) is 92.6 Å². The van der Waals surface area contributed by atoms with Crippen LogP contribution < -0.4 is 0 Å². The average molecular weight is 660 g/mol. The van der Waals surface area contributed by atoms with E-state index in [9.17, 15) is 9.59 Å². The van der Waals surface area contributed by atoms with Crippen LogP contribution in [0.2, 0.25) is 0 Å². The molecule has 0 spiro atoms. The highest BCUT2D eigenvalue weighted by molar-refractivity contribution is 6.06. The molecule has 2 saturated carbocycles. The fraction of sp³-hybridized carbons (Fsp3) is 0.550. The fourth-order valence-corrected chi connectivity index (χ4v) is 9.04. The Labute approximate surface area is 290 Å². The van der Waals surface area contributed by atoms with Crippen LogP contribution >= 0.6 is 0 Å². The number of nitrogens with zero attached hydrogens (tertiary/aromatic N) is 2. The minimum Gasteiger partial charge on any atom is -0.461 e. The largest absolute Gasteiger partial charge is 0.461 e. The summed E-state index contributed by atoms with van der Waals surface area (Å²) in [6, 6.07) is 12.6. The number of hydrogen-bond acceptors (Lipinski definition) is 6. The van der Waals surface area contributed by atoms with Gasteiger partial charge in [-0.2, -0.15) is 0 Å². The molecule has 8 fully saturated rings. The number of benzene rings is 2. The van der Waals surface area contributed by atoms with Crippen LogP contribution in [0.5, 0.6) is 0 Å². The molecule has 2 aromatic carbocycles. The lowest BCUT2D eigenvalue weighted by Gasteiger charge is -2.47. The van der Waals surface area contributed by atoms with Crippen LogP contribution in [0.3, 0.4) is 0 Å². The highest BCUT2D eigenvalue weighted by Gasteiger charge is 2.42. The van der Waals surface area contributed by atoms with Gasteiger partial charge in [-0.3, -0.25) is 0 Å². The zero-order valence-electron chi connectivity index (χ0n) is 28.6. The Bertz CT molecular complexity index is 1680. The second kappa shape index (κ2) is 13.0. The zero-order valence-corrected chi connectivity index (χ0v) is 28.6. The van der Waals surface area contributed by atoms with Gasteiger partial charge in [-0.15, -0.1) is 0 Å². The van der Waals surface area contributed by atoms with Gasteiger partial charge in [0.05, 0.1) is 24.3 Å². The van der Waals surface area contributed by atoms with E-state index in [4.69, 9.17) is 9.47 Å². The van der Waals surface area contributed by atoms with Crippen LogP contribution in [0, 0.1) is 10.8 Å². The van der Waals surface area contributed by atoms with Gasteiger partial charge >= 0.3 is 11.9 Å². The Kier molecular flexibility index (Phi) is 8.63. The van der Waals surface area contributed by atoms with E-state index in [1.807, 2.05) is 24.5 Å². The van der Waals surface area contributed by atoms with Gasteiger partial charge in [0, 0.05) is 53.4 Å². The van der Waals surface area contributed by atoms with Gasteiger partial charge < -0.3 is 29.2 Å². The van der Waals surface area contributed by atoms with E-state index in [0.29, 0.717) is 25.0 Å². The van der Waals surface area contributed by atoms with Crippen molar-refractivity contribution < 1.29 is 19.1 Å². The van der Waals surface area contributed by atoms with E-state index >= 15 is 0 Å². The van der Waals surface area contributed by atoms with E-state index in [1.54, 1.807) is 0 Å². The molecule has 2 N–H and O–H groups in total. The molecule has 255 valence electrons. The topological polar surface area (TPSA) is 90.7 Å². The molecule has 8 nitrogen and oxygen atoms in total. The quantitative estimate of drug-likeness (QED) is 0.157. The summed E-state index contributed by atoms with van der Waals surface area (Å²) in [6.45, 7) is 8.14. The van der Waals surface area contributed by atoms with Crippen molar-refractivity contribution in [3.8, 4) is 0 Å². The van der Waals surface area contributed by atoms with Crippen molar-refractivity contribution in [1.82, 2.24) is 19.8 Å². The summed E-state index contributed by atoms with van der Waals surface area (Å²) in [5, 5.41) is 2.17. The summed E-state index contributed by atoms with van der Waals surface area (Å²) in [6.07, 6.45) is 15.6. The summed E-state index contributed by atoms with van der Waals surface area (Å²) in [5.41, 5.74) is 6.63. The molecule has 4 aromatic rings. The number of rotatable bonds is 8. The molecule has 0 unspecified atom stereocenters. The lowest BCUT2D eigenvalue weighted by molar-refractivity contribution is -0.0305. The van der Waals surface area contributed by atoms with Crippen molar-refractivity contribution >= 4 is 42.2 Å². The molecule has 0 atom stereocenters. The number of hydrogen-bond donors (Lipinski definition) is 2. The Morgan fingerprint density at radius 3 is 1.33 bits per heavy atom. The number of H-pyrrole nitrogens is 2. The van der Waals surface area contributed by atoms with E-state index in [1.165, 1.54) is 75.3 Å². The summed E-state index contributed by atoms with van der Waals surface area (Å²) >= 11 is 0. The number of fused-ring (bicyclic) bond motifs is 8. The van der Waals surface area contributed by atoms with Gasteiger partial charge in [0.1, 0.15) is 0 Å². The van der Waals surface area contributed by atoms with Crippen molar-refractivity contribution in [3.05, 3.63) is 71.0 Å². The van der Waals surface area contributed by atoms with E-state index in [-0.39, 0.29) is 31.2 Å². The monoisotopic (exact) mass is 659 g/mol. The maximum atomic E-state index is 12.8. The summed E-state index contributed by atoms with van der Waals surface area (Å²) in [5.74, 6) is 0.933. The lowest BCUT2D eigenvalue weighted by Crippen LogP contribution is -2.50. The van der Waals surface area contributed by atoms with Crippen molar-refractivity contribution in [2.45, 2.75) is 76.0 Å². The van der Waals surface area contributed by atoms with Crippen LogP contribution in [0.1, 0.15) is 108 Å². The maximum Gasteiger partial charge on any atom is 0.340 e. The second-order valence-corrected chi connectivity index (χ2v) is 15.8. The molecule has 8 heterocycles. The number of esters is 2. The summed E-state index contributed by atoms with van der Waals surface area (Å²) in [4.78, 5) is 37.1. The van der Waals surface area contributed by atoms with Gasteiger partial charge in [-0.1, -0.05) is 24.3 Å². The SMILES string of the molecule is O=C(OCC12CCN(CC1)CC2)c1c[nH]c2cccc(C3CC3)c12.O=C(OCC12CCN(CC1)CC2)c1c[nH]c2cccc(C3CC3)c12.[B]. The number of carbonyl (C=O) groups is 2. The predicted molar refractivity (Wildman–Crippen MR) is 192 cm³/mol. The Morgan fingerprint density at radius 1 is 0.612 bits per heavy atom. The standard InChI is InChI=1S/2C20H24N2O2.B/c2*23-19(24-13-20-6-9-22(10-7-20)11-8-20)16-12-21-17-3-1-2-15(18(16)17)14-4-5-14;/h2*1-3,12,14,21H,4-11,13H2;. The fourth-order valence-electron chi connectivity index (χ4n) is 9.04. The predicted octanol–water partition coefficient (Wildman–Crippen LogP) is 7.00.